The molecule has 0 saturated carbocycles. The van der Waals surface area contributed by atoms with Gasteiger partial charge in [-0.1, -0.05) is 11.2 Å². The van der Waals surface area contributed by atoms with E-state index in [2.05, 4.69) is 10.1 Å². The fourth-order valence-corrected chi connectivity index (χ4v) is 6.20. The van der Waals surface area contributed by atoms with Gasteiger partial charge in [0.15, 0.2) is 5.82 Å². The summed E-state index contributed by atoms with van der Waals surface area (Å²) in [6, 6.07) is 3.23. The van der Waals surface area contributed by atoms with Crippen molar-refractivity contribution in [2.45, 2.75) is 41.7 Å². The number of rotatable bonds is 6. The summed E-state index contributed by atoms with van der Waals surface area (Å²) in [6.45, 7) is 2.29. The maximum atomic E-state index is 12.8. The fourth-order valence-electron chi connectivity index (χ4n) is 3.88. The third-order valence-electron chi connectivity index (χ3n) is 5.68. The van der Waals surface area contributed by atoms with Gasteiger partial charge < -0.3 is 14.2 Å². The lowest BCUT2D eigenvalue weighted by Crippen LogP contribution is -2.45. The van der Waals surface area contributed by atoms with E-state index in [4.69, 9.17) is 9.26 Å². The van der Waals surface area contributed by atoms with Gasteiger partial charge in [0.2, 0.25) is 11.8 Å². The molecule has 0 spiro atoms. The highest BCUT2D eigenvalue weighted by atomic mass is 32.2. The Morgan fingerprint density at radius 2 is 2.10 bits per heavy atom. The number of nitrogens with zero attached hydrogens (tertiary/aromatic N) is 4. The molecule has 2 aromatic heterocycles. The monoisotopic (exact) mass is 454 g/mol. The molecule has 2 aromatic rings. The summed E-state index contributed by atoms with van der Waals surface area (Å²) < 4.78 is 37.4. The number of ether oxygens (including phenoxy) is 1. The Kier molecular flexibility index (Phi) is 6.51. The molecule has 0 radical (unpaired) electrons. The van der Waals surface area contributed by atoms with E-state index >= 15 is 0 Å². The molecule has 0 aromatic carbocycles. The maximum absolute atomic E-state index is 12.8. The molecule has 2 fully saturated rings. The Morgan fingerprint density at radius 1 is 1.30 bits per heavy atom. The van der Waals surface area contributed by atoms with Crippen LogP contribution >= 0.6 is 11.3 Å². The second-order valence-electron chi connectivity index (χ2n) is 7.75. The second kappa shape index (κ2) is 9.13. The number of piperidine rings is 1. The number of aromatic nitrogens is 2. The van der Waals surface area contributed by atoms with Crippen molar-refractivity contribution in [3.8, 4) is 0 Å². The van der Waals surface area contributed by atoms with Crippen molar-refractivity contribution < 1.29 is 22.5 Å². The van der Waals surface area contributed by atoms with E-state index in [0.29, 0.717) is 32.2 Å². The standard InChI is InChI=1S/C19H26N4O5S2/c1-22(30(25,26)17-5-3-11-29-17)13-16(24)23-8-2-4-15(12-23)19-20-18(21-28-19)14-6-9-27-10-7-14/h3,5,11,14-15H,2,4,6-10,12-13H2,1H3. The number of carbonyl (C=O) groups is 1. The minimum absolute atomic E-state index is 0.0250. The van der Waals surface area contributed by atoms with Gasteiger partial charge in [-0.15, -0.1) is 11.3 Å². The third-order valence-corrected chi connectivity index (χ3v) is 8.86. The van der Waals surface area contributed by atoms with E-state index in [-0.39, 0.29) is 28.5 Å². The molecule has 9 nitrogen and oxygen atoms in total. The lowest BCUT2D eigenvalue weighted by atomic mass is 9.97. The van der Waals surface area contributed by atoms with Gasteiger partial charge in [0, 0.05) is 39.3 Å². The van der Waals surface area contributed by atoms with Gasteiger partial charge >= 0.3 is 0 Å². The minimum Gasteiger partial charge on any atom is -0.381 e. The summed E-state index contributed by atoms with van der Waals surface area (Å²) in [7, 11) is -2.21. The molecule has 2 saturated heterocycles. The van der Waals surface area contributed by atoms with Crippen LogP contribution in [0.15, 0.2) is 26.2 Å². The Labute approximate surface area is 180 Å². The predicted octanol–water partition coefficient (Wildman–Crippen LogP) is 2.05. The molecule has 0 N–H and O–H groups in total. The highest BCUT2D eigenvalue weighted by Gasteiger charge is 2.32. The molecule has 0 aliphatic carbocycles. The van der Waals surface area contributed by atoms with Crippen LogP contribution in [0.3, 0.4) is 0 Å². The minimum atomic E-state index is -3.65. The summed E-state index contributed by atoms with van der Waals surface area (Å²) in [5, 5.41) is 5.87. The molecule has 164 valence electrons. The highest BCUT2D eigenvalue weighted by molar-refractivity contribution is 7.91. The van der Waals surface area contributed by atoms with Gasteiger partial charge in [0.1, 0.15) is 4.21 Å². The van der Waals surface area contributed by atoms with Gasteiger partial charge in [0.05, 0.1) is 12.5 Å². The molecule has 0 bridgehead atoms. The first-order chi connectivity index (χ1) is 14.4. The van der Waals surface area contributed by atoms with Gasteiger partial charge in [-0.25, -0.2) is 8.42 Å². The molecule has 11 heteroatoms. The van der Waals surface area contributed by atoms with E-state index in [1.807, 2.05) is 0 Å². The van der Waals surface area contributed by atoms with E-state index in [0.717, 1.165) is 47.1 Å². The smallest absolute Gasteiger partial charge is 0.252 e. The number of likely N-dealkylation sites (N-methyl/N-ethyl adjacent to an activating group) is 1. The lowest BCUT2D eigenvalue weighted by molar-refractivity contribution is -0.132. The molecule has 1 atom stereocenters. The van der Waals surface area contributed by atoms with Crippen LogP contribution in [0.1, 0.15) is 49.2 Å². The Hall–Kier alpha value is -1.82. The topological polar surface area (TPSA) is 106 Å². The van der Waals surface area contributed by atoms with Crippen LogP contribution in [0, 0.1) is 0 Å². The molecule has 2 aliphatic rings. The van der Waals surface area contributed by atoms with E-state index < -0.39 is 10.0 Å². The van der Waals surface area contributed by atoms with Crippen LogP contribution in [-0.2, 0) is 19.6 Å². The lowest BCUT2D eigenvalue weighted by Gasteiger charge is -2.32. The average molecular weight is 455 g/mol. The maximum Gasteiger partial charge on any atom is 0.252 e. The summed E-state index contributed by atoms with van der Waals surface area (Å²) >= 11 is 1.14. The predicted molar refractivity (Wildman–Crippen MR) is 110 cm³/mol. The Bertz CT molecular complexity index is 953. The molecule has 1 amide bonds. The van der Waals surface area contributed by atoms with Crippen molar-refractivity contribution in [3.63, 3.8) is 0 Å². The largest absolute Gasteiger partial charge is 0.381 e. The zero-order chi connectivity index (χ0) is 21.1. The number of thiophene rings is 1. The molecular formula is C19H26N4O5S2. The van der Waals surface area contributed by atoms with Crippen molar-refractivity contribution in [1.29, 1.82) is 0 Å². The summed E-state index contributed by atoms with van der Waals surface area (Å²) in [5.41, 5.74) is 0. The number of likely N-dealkylation sites (tertiary alicyclic amines) is 1. The molecule has 4 rings (SSSR count). The van der Waals surface area contributed by atoms with Gasteiger partial charge in [0.25, 0.3) is 10.0 Å². The molecule has 1 unspecified atom stereocenters. The van der Waals surface area contributed by atoms with Gasteiger partial charge in [-0.3, -0.25) is 4.79 Å². The van der Waals surface area contributed by atoms with Crippen molar-refractivity contribution in [1.82, 2.24) is 19.3 Å². The van der Waals surface area contributed by atoms with Gasteiger partial charge in [-0.2, -0.15) is 9.29 Å². The van der Waals surface area contributed by atoms with Crippen molar-refractivity contribution in [2.24, 2.45) is 0 Å². The first kappa shape index (κ1) is 21.4. The van der Waals surface area contributed by atoms with Gasteiger partial charge in [-0.05, 0) is 37.1 Å². The highest BCUT2D eigenvalue weighted by Crippen LogP contribution is 2.30. The van der Waals surface area contributed by atoms with Crippen LogP contribution in [-0.4, -0.2) is 73.6 Å². The van der Waals surface area contributed by atoms with Crippen molar-refractivity contribution >= 4 is 27.3 Å². The van der Waals surface area contributed by atoms with Crippen LogP contribution in [0.2, 0.25) is 0 Å². The zero-order valence-electron chi connectivity index (χ0n) is 16.9. The van der Waals surface area contributed by atoms with E-state index in [1.54, 1.807) is 22.4 Å². The fraction of sp³-hybridized carbons (Fsp3) is 0.632. The van der Waals surface area contributed by atoms with Crippen LogP contribution in [0.5, 0.6) is 0 Å². The van der Waals surface area contributed by atoms with Crippen molar-refractivity contribution in [3.05, 3.63) is 29.2 Å². The Balaban J connectivity index is 1.38. The number of sulfonamides is 1. The second-order valence-corrected chi connectivity index (χ2v) is 11.0. The first-order valence-electron chi connectivity index (χ1n) is 10.1. The summed E-state index contributed by atoms with van der Waals surface area (Å²) in [6.07, 6.45) is 3.45. The number of carbonyl (C=O) groups excluding carboxylic acids is 1. The first-order valence-corrected chi connectivity index (χ1v) is 12.5. The van der Waals surface area contributed by atoms with Crippen LogP contribution < -0.4 is 0 Å². The number of amides is 1. The normalized spacial score (nSPS) is 21.3. The molecule has 4 heterocycles. The van der Waals surface area contributed by atoms with E-state index in [9.17, 15) is 13.2 Å². The molecular weight excluding hydrogens is 428 g/mol. The van der Waals surface area contributed by atoms with E-state index in [1.165, 1.54) is 7.05 Å². The third kappa shape index (κ3) is 4.58. The molecule has 30 heavy (non-hydrogen) atoms. The zero-order valence-corrected chi connectivity index (χ0v) is 18.5. The SMILES string of the molecule is CN(CC(=O)N1CCCC(c2nc(C3CCOCC3)no2)C1)S(=O)(=O)c1cccs1. The summed E-state index contributed by atoms with van der Waals surface area (Å²) in [4.78, 5) is 19.1. The van der Waals surface area contributed by atoms with Crippen LogP contribution in [0.25, 0.3) is 0 Å². The van der Waals surface area contributed by atoms with Crippen LogP contribution in [0.4, 0.5) is 0 Å². The van der Waals surface area contributed by atoms with Crippen molar-refractivity contribution in [2.75, 3.05) is 39.9 Å². The Morgan fingerprint density at radius 3 is 2.83 bits per heavy atom. The quantitative estimate of drug-likeness (QED) is 0.658. The number of hydrogen-bond donors (Lipinski definition) is 0. The number of hydrogen-bond acceptors (Lipinski definition) is 8. The molecule has 2 aliphatic heterocycles. The average Bonchev–Trinajstić information content (AvgIpc) is 3.47. The summed E-state index contributed by atoms with van der Waals surface area (Å²) in [5.74, 6) is 1.30.